The van der Waals surface area contributed by atoms with Crippen molar-refractivity contribution in [3.63, 3.8) is 0 Å². The van der Waals surface area contributed by atoms with E-state index in [1.165, 1.54) is 18.2 Å². The molecular weight excluding hydrogens is 258 g/mol. The average molecular weight is 269 g/mol. The van der Waals surface area contributed by atoms with E-state index in [0.29, 0.717) is 5.75 Å². The highest BCUT2D eigenvalue weighted by atomic mass is 16.6. The molecule has 1 aliphatic rings. The van der Waals surface area contributed by atoms with E-state index in [-0.39, 0.29) is 29.6 Å². The Labute approximate surface area is 115 Å². The molecular formula is C15H11NO4. The molecule has 2 aromatic carbocycles. The van der Waals surface area contributed by atoms with Gasteiger partial charge in [0.1, 0.15) is 11.9 Å². The molecule has 1 heterocycles. The summed E-state index contributed by atoms with van der Waals surface area (Å²) >= 11 is 0. The molecule has 1 unspecified atom stereocenters. The fourth-order valence-corrected chi connectivity index (χ4v) is 2.28. The Kier molecular flexibility index (Phi) is 2.95. The van der Waals surface area contributed by atoms with Gasteiger partial charge in [0.05, 0.1) is 16.9 Å². The number of carbonyl (C=O) groups excluding carboxylic acids is 1. The number of hydrogen-bond donors (Lipinski definition) is 0. The third-order valence-electron chi connectivity index (χ3n) is 3.29. The van der Waals surface area contributed by atoms with Crippen molar-refractivity contribution < 1.29 is 14.5 Å². The minimum atomic E-state index is -0.517. The van der Waals surface area contributed by atoms with Crippen molar-refractivity contribution in [1.82, 2.24) is 0 Å². The summed E-state index contributed by atoms with van der Waals surface area (Å²) < 4.78 is 5.78. The Morgan fingerprint density at radius 3 is 2.60 bits per heavy atom. The number of Topliss-reactive ketones (excluding diaryl/α,β-unsaturated/α-hetero) is 1. The van der Waals surface area contributed by atoms with Crippen LogP contribution in [0, 0.1) is 10.1 Å². The molecule has 0 N–H and O–H groups in total. The molecule has 1 aliphatic heterocycles. The number of fused-ring (bicyclic) bond motifs is 1. The topological polar surface area (TPSA) is 69.4 Å². The van der Waals surface area contributed by atoms with Crippen molar-refractivity contribution in [3.05, 3.63) is 69.8 Å². The number of carbonyl (C=O) groups is 1. The zero-order chi connectivity index (χ0) is 14.1. The second-order valence-electron chi connectivity index (χ2n) is 4.58. The Bertz CT molecular complexity index is 682. The van der Waals surface area contributed by atoms with Crippen molar-refractivity contribution >= 4 is 11.5 Å². The van der Waals surface area contributed by atoms with Crippen molar-refractivity contribution in [3.8, 4) is 5.75 Å². The fraction of sp³-hybridized carbons (Fsp3) is 0.133. The maximum atomic E-state index is 12.1. The molecule has 2 aromatic rings. The summed E-state index contributed by atoms with van der Waals surface area (Å²) in [7, 11) is 0. The molecule has 0 fully saturated rings. The predicted octanol–water partition coefficient (Wildman–Crippen LogP) is 3.30. The number of rotatable bonds is 2. The lowest BCUT2D eigenvalue weighted by Gasteiger charge is -2.25. The number of benzene rings is 2. The van der Waals surface area contributed by atoms with Gasteiger partial charge in [-0.15, -0.1) is 0 Å². The second-order valence-corrected chi connectivity index (χ2v) is 4.58. The van der Waals surface area contributed by atoms with Gasteiger partial charge in [0.15, 0.2) is 5.78 Å². The van der Waals surface area contributed by atoms with Crippen LogP contribution < -0.4 is 4.74 Å². The highest BCUT2D eigenvalue weighted by Crippen LogP contribution is 2.36. The summed E-state index contributed by atoms with van der Waals surface area (Å²) in [4.78, 5) is 22.4. The molecule has 1 atom stereocenters. The molecule has 3 rings (SSSR count). The van der Waals surface area contributed by atoms with Crippen LogP contribution in [0.3, 0.4) is 0 Å². The van der Waals surface area contributed by atoms with Crippen LogP contribution >= 0.6 is 0 Å². The largest absolute Gasteiger partial charge is 0.484 e. The van der Waals surface area contributed by atoms with Crippen LogP contribution in [0.5, 0.6) is 5.75 Å². The van der Waals surface area contributed by atoms with E-state index < -0.39 is 4.92 Å². The summed E-state index contributed by atoms with van der Waals surface area (Å²) in [5, 5.41) is 10.7. The molecule has 0 amide bonds. The van der Waals surface area contributed by atoms with Crippen molar-refractivity contribution in [2.24, 2.45) is 0 Å². The van der Waals surface area contributed by atoms with Gasteiger partial charge in [-0.05, 0) is 11.6 Å². The van der Waals surface area contributed by atoms with E-state index >= 15 is 0 Å². The molecule has 0 aromatic heterocycles. The zero-order valence-electron chi connectivity index (χ0n) is 10.5. The van der Waals surface area contributed by atoms with Gasteiger partial charge < -0.3 is 4.74 Å². The summed E-state index contributed by atoms with van der Waals surface area (Å²) in [6.07, 6.45) is -0.143. The van der Waals surface area contributed by atoms with Gasteiger partial charge in [-0.2, -0.15) is 0 Å². The summed E-state index contributed by atoms with van der Waals surface area (Å²) in [5.41, 5.74) is 1.11. The highest BCUT2D eigenvalue weighted by Gasteiger charge is 2.29. The Hall–Kier alpha value is -2.69. The quantitative estimate of drug-likeness (QED) is 0.619. The Morgan fingerprint density at radius 1 is 1.15 bits per heavy atom. The smallest absolute Gasteiger partial charge is 0.270 e. The van der Waals surface area contributed by atoms with Crippen LogP contribution in [0.15, 0.2) is 48.5 Å². The molecule has 5 nitrogen and oxygen atoms in total. The fourth-order valence-electron chi connectivity index (χ4n) is 2.28. The lowest BCUT2D eigenvalue weighted by atomic mass is 9.96. The van der Waals surface area contributed by atoms with Gasteiger partial charge >= 0.3 is 0 Å². The van der Waals surface area contributed by atoms with Gasteiger partial charge in [-0.25, -0.2) is 0 Å². The van der Waals surface area contributed by atoms with Crippen LogP contribution in [0.4, 0.5) is 5.69 Å². The lowest BCUT2D eigenvalue weighted by molar-refractivity contribution is -0.384. The van der Waals surface area contributed by atoms with Crippen LogP contribution in [0.2, 0.25) is 0 Å². The first-order valence-corrected chi connectivity index (χ1v) is 6.18. The first-order valence-electron chi connectivity index (χ1n) is 6.18. The van der Waals surface area contributed by atoms with Gasteiger partial charge in [-0.3, -0.25) is 14.9 Å². The van der Waals surface area contributed by atoms with Crippen LogP contribution in [0.1, 0.15) is 28.4 Å². The van der Waals surface area contributed by atoms with Gasteiger partial charge in [0, 0.05) is 12.1 Å². The Balaban J connectivity index is 1.96. The molecule has 100 valence electrons. The normalized spacial score (nSPS) is 17.2. The third kappa shape index (κ3) is 2.14. The van der Waals surface area contributed by atoms with Crippen LogP contribution in [-0.4, -0.2) is 10.7 Å². The van der Waals surface area contributed by atoms with E-state index in [1.807, 2.05) is 30.3 Å². The maximum Gasteiger partial charge on any atom is 0.270 e. The molecule has 0 saturated heterocycles. The van der Waals surface area contributed by atoms with Crippen molar-refractivity contribution in [2.75, 3.05) is 0 Å². The van der Waals surface area contributed by atoms with E-state index in [1.54, 1.807) is 0 Å². The van der Waals surface area contributed by atoms with Gasteiger partial charge in [-0.1, -0.05) is 30.3 Å². The molecule has 0 aliphatic carbocycles. The Morgan fingerprint density at radius 2 is 1.90 bits per heavy atom. The minimum Gasteiger partial charge on any atom is -0.484 e. The van der Waals surface area contributed by atoms with E-state index in [2.05, 4.69) is 0 Å². The number of nitro groups is 1. The standard InChI is InChI=1S/C15H11NO4/c17-13-9-15(10-4-2-1-3-5-10)20-14-7-6-11(16(18)19)8-12(13)14/h1-8,15H,9H2. The zero-order valence-corrected chi connectivity index (χ0v) is 10.5. The number of non-ortho nitro benzene ring substituents is 1. The summed E-state index contributed by atoms with van der Waals surface area (Å²) in [6.45, 7) is 0. The number of nitrogens with zero attached hydrogens (tertiary/aromatic N) is 1. The maximum absolute atomic E-state index is 12.1. The first-order chi connectivity index (χ1) is 9.65. The van der Waals surface area contributed by atoms with E-state index in [9.17, 15) is 14.9 Å². The highest BCUT2D eigenvalue weighted by molar-refractivity contribution is 6.00. The lowest BCUT2D eigenvalue weighted by Crippen LogP contribution is -2.20. The van der Waals surface area contributed by atoms with E-state index in [4.69, 9.17) is 4.74 Å². The molecule has 5 heteroatoms. The van der Waals surface area contributed by atoms with Crippen molar-refractivity contribution in [2.45, 2.75) is 12.5 Å². The molecule has 0 saturated carbocycles. The number of nitro benzene ring substituents is 1. The number of hydrogen-bond acceptors (Lipinski definition) is 4. The summed E-state index contributed by atoms with van der Waals surface area (Å²) in [5.74, 6) is 0.268. The average Bonchev–Trinajstić information content (AvgIpc) is 2.47. The van der Waals surface area contributed by atoms with E-state index in [0.717, 1.165) is 5.56 Å². The second kappa shape index (κ2) is 4.77. The third-order valence-corrected chi connectivity index (χ3v) is 3.29. The van der Waals surface area contributed by atoms with Crippen molar-refractivity contribution in [1.29, 1.82) is 0 Å². The number of ether oxygens (including phenoxy) is 1. The molecule has 20 heavy (non-hydrogen) atoms. The predicted molar refractivity (Wildman–Crippen MR) is 71.9 cm³/mol. The first kappa shape index (κ1) is 12.3. The van der Waals surface area contributed by atoms with Gasteiger partial charge in [0.2, 0.25) is 0 Å². The summed E-state index contributed by atoms with van der Waals surface area (Å²) in [6, 6.07) is 13.6. The van der Waals surface area contributed by atoms with Crippen LogP contribution in [-0.2, 0) is 0 Å². The molecule has 0 bridgehead atoms. The minimum absolute atomic E-state index is 0.0983. The van der Waals surface area contributed by atoms with Gasteiger partial charge in [0.25, 0.3) is 5.69 Å². The monoisotopic (exact) mass is 269 g/mol. The molecule has 0 spiro atoms. The molecule has 0 radical (unpaired) electrons. The number of ketones is 1. The SMILES string of the molecule is O=C1CC(c2ccccc2)Oc2ccc([N+](=O)[O-])cc21. The van der Waals surface area contributed by atoms with Crippen LogP contribution in [0.25, 0.3) is 0 Å².